The quantitative estimate of drug-likeness (QED) is 0.617. The van der Waals surface area contributed by atoms with E-state index in [1.807, 2.05) is 18.2 Å². The molecule has 0 spiro atoms. The van der Waals surface area contributed by atoms with E-state index >= 15 is 0 Å². The molecule has 3 rings (SSSR count). The molecule has 0 fully saturated rings. The Morgan fingerprint density at radius 1 is 1.12 bits per heavy atom. The van der Waals surface area contributed by atoms with Crippen molar-refractivity contribution in [2.75, 3.05) is 0 Å². The van der Waals surface area contributed by atoms with E-state index in [9.17, 15) is 4.39 Å². The summed E-state index contributed by atoms with van der Waals surface area (Å²) in [4.78, 5) is 4.48. The summed E-state index contributed by atoms with van der Waals surface area (Å²) in [6.07, 6.45) is 0. The van der Waals surface area contributed by atoms with Gasteiger partial charge in [-0.1, -0.05) is 24.3 Å². The molecule has 1 nitrogen and oxygen atoms in total. The van der Waals surface area contributed by atoms with Crippen LogP contribution in [0.4, 0.5) is 4.39 Å². The van der Waals surface area contributed by atoms with Gasteiger partial charge in [0.1, 0.15) is 10.8 Å². The highest BCUT2D eigenvalue weighted by Crippen LogP contribution is 2.31. The highest BCUT2D eigenvalue weighted by atomic mass is 32.1. The van der Waals surface area contributed by atoms with Gasteiger partial charge in [0.15, 0.2) is 0 Å². The molecular weight excluding hydrogens is 233 g/mol. The van der Waals surface area contributed by atoms with E-state index in [1.54, 1.807) is 17.4 Å². The number of nitrogens with zero attached hydrogens (tertiary/aromatic N) is 1. The average molecular weight is 243 g/mol. The maximum Gasteiger partial charge on any atom is 0.125 e. The molecular formula is C14H10FNS. The second kappa shape index (κ2) is 3.93. The maximum absolute atomic E-state index is 13.1. The molecule has 0 saturated heterocycles. The Balaban J connectivity index is 2.22. The Labute approximate surface area is 103 Å². The normalized spacial score (nSPS) is 10.9. The molecule has 0 amide bonds. The van der Waals surface area contributed by atoms with Crippen LogP contribution >= 0.6 is 11.3 Å². The first-order valence-corrected chi connectivity index (χ1v) is 6.18. The molecule has 0 radical (unpaired) electrons. The molecule has 0 bridgehead atoms. The summed E-state index contributed by atoms with van der Waals surface area (Å²) in [6, 6.07) is 12.8. The lowest BCUT2D eigenvalue weighted by Gasteiger charge is -1.99. The van der Waals surface area contributed by atoms with Crippen LogP contribution in [-0.2, 0) is 0 Å². The second-order valence-electron chi connectivity index (χ2n) is 3.95. The number of thiazole rings is 1. The van der Waals surface area contributed by atoms with Gasteiger partial charge < -0.3 is 0 Å². The largest absolute Gasteiger partial charge is 0.236 e. The average Bonchev–Trinajstić information content (AvgIpc) is 2.72. The van der Waals surface area contributed by atoms with Crippen LogP contribution in [0, 0.1) is 12.7 Å². The Morgan fingerprint density at radius 2 is 1.94 bits per heavy atom. The summed E-state index contributed by atoms with van der Waals surface area (Å²) < 4.78 is 14.1. The standard InChI is InChI=1S/C14H10FNS/c1-9-4-2-3-5-11(9)14-16-12-8-10(15)6-7-13(12)17-14/h2-8H,1H3. The summed E-state index contributed by atoms with van der Waals surface area (Å²) in [6.45, 7) is 2.06. The minimum atomic E-state index is -0.237. The molecule has 2 aromatic carbocycles. The number of hydrogen-bond donors (Lipinski definition) is 0. The zero-order chi connectivity index (χ0) is 11.8. The molecule has 1 aromatic heterocycles. The third kappa shape index (κ3) is 1.83. The third-order valence-corrected chi connectivity index (χ3v) is 3.79. The van der Waals surface area contributed by atoms with Crippen LogP contribution in [-0.4, -0.2) is 4.98 Å². The van der Waals surface area contributed by atoms with E-state index in [0.717, 1.165) is 20.8 Å². The number of aromatic nitrogens is 1. The maximum atomic E-state index is 13.1. The first kappa shape index (κ1) is 10.4. The predicted molar refractivity (Wildman–Crippen MR) is 69.8 cm³/mol. The zero-order valence-corrected chi connectivity index (χ0v) is 10.1. The van der Waals surface area contributed by atoms with Crippen molar-refractivity contribution >= 4 is 21.6 Å². The van der Waals surface area contributed by atoms with E-state index in [2.05, 4.69) is 18.0 Å². The molecule has 1 heterocycles. The molecule has 0 N–H and O–H groups in total. The van der Waals surface area contributed by atoms with Crippen LogP contribution in [0.25, 0.3) is 20.8 Å². The van der Waals surface area contributed by atoms with Gasteiger partial charge in [-0.3, -0.25) is 0 Å². The first-order chi connectivity index (χ1) is 8.24. The van der Waals surface area contributed by atoms with Gasteiger partial charge in [-0.05, 0) is 24.6 Å². The lowest BCUT2D eigenvalue weighted by molar-refractivity contribution is 0.629. The van der Waals surface area contributed by atoms with Crippen LogP contribution < -0.4 is 0 Å². The monoisotopic (exact) mass is 243 g/mol. The first-order valence-electron chi connectivity index (χ1n) is 5.36. The van der Waals surface area contributed by atoms with Crippen molar-refractivity contribution in [3.8, 4) is 10.6 Å². The third-order valence-electron chi connectivity index (χ3n) is 2.73. The Kier molecular flexibility index (Phi) is 2.41. The molecule has 0 aliphatic heterocycles. The summed E-state index contributed by atoms with van der Waals surface area (Å²) in [5, 5.41) is 0.948. The van der Waals surface area contributed by atoms with Crippen LogP contribution in [0.5, 0.6) is 0 Å². The van der Waals surface area contributed by atoms with Gasteiger partial charge in [0, 0.05) is 11.6 Å². The van der Waals surface area contributed by atoms with Crippen LogP contribution in [0.15, 0.2) is 42.5 Å². The van der Waals surface area contributed by atoms with E-state index in [4.69, 9.17) is 0 Å². The molecule has 0 aliphatic carbocycles. The number of benzene rings is 2. The van der Waals surface area contributed by atoms with Crippen LogP contribution in [0.2, 0.25) is 0 Å². The minimum Gasteiger partial charge on any atom is -0.236 e. The molecule has 17 heavy (non-hydrogen) atoms. The van der Waals surface area contributed by atoms with Crippen molar-refractivity contribution < 1.29 is 4.39 Å². The fraction of sp³-hybridized carbons (Fsp3) is 0.0714. The topological polar surface area (TPSA) is 12.9 Å². The molecule has 3 heteroatoms. The van der Waals surface area contributed by atoms with Crippen molar-refractivity contribution in [1.82, 2.24) is 4.98 Å². The van der Waals surface area contributed by atoms with Gasteiger partial charge in [0.25, 0.3) is 0 Å². The fourth-order valence-electron chi connectivity index (χ4n) is 1.83. The SMILES string of the molecule is Cc1ccccc1-c1nc2cc(F)ccc2s1. The number of hydrogen-bond acceptors (Lipinski definition) is 2. The highest BCUT2D eigenvalue weighted by Gasteiger charge is 2.08. The van der Waals surface area contributed by atoms with Gasteiger partial charge in [-0.25, -0.2) is 9.37 Å². The van der Waals surface area contributed by atoms with Crippen molar-refractivity contribution in [2.24, 2.45) is 0 Å². The van der Waals surface area contributed by atoms with Crippen LogP contribution in [0.3, 0.4) is 0 Å². The Bertz CT molecular complexity index is 688. The minimum absolute atomic E-state index is 0.237. The second-order valence-corrected chi connectivity index (χ2v) is 4.98. The van der Waals surface area contributed by atoms with E-state index in [-0.39, 0.29) is 5.82 Å². The summed E-state index contributed by atoms with van der Waals surface area (Å²) in [7, 11) is 0. The lowest BCUT2D eigenvalue weighted by atomic mass is 10.1. The van der Waals surface area contributed by atoms with Crippen molar-refractivity contribution in [2.45, 2.75) is 6.92 Å². The highest BCUT2D eigenvalue weighted by molar-refractivity contribution is 7.21. The Hall–Kier alpha value is -1.74. The van der Waals surface area contributed by atoms with Gasteiger partial charge in [-0.2, -0.15) is 0 Å². The number of fused-ring (bicyclic) bond motifs is 1. The number of aryl methyl sites for hydroxylation is 1. The predicted octanol–water partition coefficient (Wildman–Crippen LogP) is 4.41. The van der Waals surface area contributed by atoms with Gasteiger partial charge in [-0.15, -0.1) is 11.3 Å². The van der Waals surface area contributed by atoms with Gasteiger partial charge in [0.2, 0.25) is 0 Å². The summed E-state index contributed by atoms with van der Waals surface area (Å²) in [5.74, 6) is -0.237. The molecule has 3 aromatic rings. The molecule has 84 valence electrons. The van der Waals surface area contributed by atoms with E-state index < -0.39 is 0 Å². The van der Waals surface area contributed by atoms with Gasteiger partial charge >= 0.3 is 0 Å². The molecule has 0 saturated carbocycles. The number of rotatable bonds is 1. The van der Waals surface area contributed by atoms with Crippen molar-refractivity contribution in [3.63, 3.8) is 0 Å². The zero-order valence-electron chi connectivity index (χ0n) is 9.27. The van der Waals surface area contributed by atoms with Crippen molar-refractivity contribution in [3.05, 3.63) is 53.8 Å². The molecule has 0 atom stereocenters. The van der Waals surface area contributed by atoms with Gasteiger partial charge in [0.05, 0.1) is 10.2 Å². The summed E-state index contributed by atoms with van der Waals surface area (Å²) >= 11 is 1.60. The fourth-order valence-corrected chi connectivity index (χ4v) is 2.87. The smallest absolute Gasteiger partial charge is 0.125 e. The van der Waals surface area contributed by atoms with E-state index in [1.165, 1.54) is 17.7 Å². The molecule has 0 aliphatic rings. The summed E-state index contributed by atoms with van der Waals surface area (Å²) in [5.41, 5.74) is 3.04. The van der Waals surface area contributed by atoms with Crippen LogP contribution in [0.1, 0.15) is 5.56 Å². The van der Waals surface area contributed by atoms with E-state index in [0.29, 0.717) is 0 Å². The van der Waals surface area contributed by atoms with Crippen molar-refractivity contribution in [1.29, 1.82) is 0 Å². The number of halogens is 1. The molecule has 0 unspecified atom stereocenters. The Morgan fingerprint density at radius 3 is 2.76 bits per heavy atom. The lowest BCUT2D eigenvalue weighted by Crippen LogP contribution is -1.80.